The number of sulfone groups is 1. The summed E-state index contributed by atoms with van der Waals surface area (Å²) in [5.74, 6) is 0.420. The molecule has 6 heteroatoms. The van der Waals surface area contributed by atoms with Crippen molar-refractivity contribution < 1.29 is 17.9 Å². The number of hydrogen-bond donors (Lipinski definition) is 1. The van der Waals surface area contributed by atoms with Gasteiger partial charge in [-0.05, 0) is 13.3 Å². The first kappa shape index (κ1) is 14.9. The van der Waals surface area contributed by atoms with Crippen LogP contribution in [0.4, 0.5) is 0 Å². The average molecular weight is 265 g/mol. The monoisotopic (exact) mass is 265 g/mol. The molecule has 0 spiro atoms. The fraction of sp³-hybridized carbons (Fsp3) is 1.00. The molecule has 1 rings (SSSR count). The molecule has 0 aromatic carbocycles. The molecule has 1 N–H and O–H groups in total. The molecule has 0 saturated carbocycles. The fourth-order valence-electron chi connectivity index (χ4n) is 1.71. The summed E-state index contributed by atoms with van der Waals surface area (Å²) in [5.41, 5.74) is 0. The van der Waals surface area contributed by atoms with Crippen LogP contribution in [-0.2, 0) is 19.3 Å². The van der Waals surface area contributed by atoms with Gasteiger partial charge in [-0.1, -0.05) is 6.92 Å². The summed E-state index contributed by atoms with van der Waals surface area (Å²) < 4.78 is 33.5. The molecule has 2 unspecified atom stereocenters. The predicted octanol–water partition coefficient (Wildman–Crippen LogP) is 0.205. The van der Waals surface area contributed by atoms with Crippen molar-refractivity contribution in [1.29, 1.82) is 0 Å². The van der Waals surface area contributed by atoms with Crippen molar-refractivity contribution in [3.05, 3.63) is 0 Å². The highest BCUT2D eigenvalue weighted by Crippen LogP contribution is 2.04. The molecular formula is C11H23NO4S. The molecular weight excluding hydrogens is 242 g/mol. The summed E-state index contributed by atoms with van der Waals surface area (Å²) in [7, 11) is -2.86. The Morgan fingerprint density at radius 3 is 2.82 bits per heavy atom. The van der Waals surface area contributed by atoms with Crippen LogP contribution in [0.1, 0.15) is 20.3 Å². The Labute approximate surface area is 104 Å². The molecule has 0 aliphatic carbocycles. The normalized spacial score (nSPS) is 26.0. The third-order valence-corrected chi connectivity index (χ3v) is 4.51. The number of ether oxygens (including phenoxy) is 2. The van der Waals surface area contributed by atoms with E-state index in [4.69, 9.17) is 9.47 Å². The lowest BCUT2D eigenvalue weighted by molar-refractivity contribution is -0.0683. The van der Waals surface area contributed by atoms with Crippen LogP contribution in [-0.4, -0.2) is 58.4 Å². The first-order chi connectivity index (χ1) is 8.03. The van der Waals surface area contributed by atoms with Gasteiger partial charge in [-0.15, -0.1) is 0 Å². The standard InChI is InChI=1S/C11H23NO4S/c1-3-17(13,14)6-4-5-15-9-11-8-12-7-10(2)16-11/h10-12H,3-9H2,1-2H3. The molecule has 1 fully saturated rings. The van der Waals surface area contributed by atoms with E-state index < -0.39 is 9.84 Å². The summed E-state index contributed by atoms with van der Waals surface area (Å²) in [6.45, 7) is 6.38. The maximum atomic E-state index is 11.2. The summed E-state index contributed by atoms with van der Waals surface area (Å²) in [5, 5.41) is 3.26. The van der Waals surface area contributed by atoms with E-state index in [1.165, 1.54) is 0 Å². The zero-order valence-electron chi connectivity index (χ0n) is 10.6. The summed E-state index contributed by atoms with van der Waals surface area (Å²) in [6.07, 6.45) is 0.866. The maximum Gasteiger partial charge on any atom is 0.150 e. The van der Waals surface area contributed by atoms with E-state index in [-0.39, 0.29) is 23.7 Å². The first-order valence-corrected chi connectivity index (χ1v) is 8.00. The number of hydrogen-bond acceptors (Lipinski definition) is 5. The predicted molar refractivity (Wildman–Crippen MR) is 67.0 cm³/mol. The Bertz CT molecular complexity index is 305. The van der Waals surface area contributed by atoms with E-state index >= 15 is 0 Å². The molecule has 2 atom stereocenters. The lowest BCUT2D eigenvalue weighted by Crippen LogP contribution is -2.45. The molecule has 1 saturated heterocycles. The first-order valence-electron chi connectivity index (χ1n) is 6.18. The van der Waals surface area contributed by atoms with Gasteiger partial charge in [-0.2, -0.15) is 0 Å². The van der Waals surface area contributed by atoms with E-state index in [1.807, 2.05) is 6.92 Å². The van der Waals surface area contributed by atoms with Gasteiger partial charge in [0.2, 0.25) is 0 Å². The van der Waals surface area contributed by atoms with Gasteiger partial charge in [-0.3, -0.25) is 0 Å². The van der Waals surface area contributed by atoms with Gasteiger partial charge in [0.15, 0.2) is 0 Å². The van der Waals surface area contributed by atoms with E-state index in [0.29, 0.717) is 19.6 Å². The van der Waals surface area contributed by atoms with Crippen molar-refractivity contribution in [2.45, 2.75) is 32.5 Å². The van der Waals surface area contributed by atoms with E-state index in [2.05, 4.69) is 5.32 Å². The zero-order chi connectivity index (χ0) is 12.7. The van der Waals surface area contributed by atoms with Crippen LogP contribution in [0.25, 0.3) is 0 Å². The molecule has 1 heterocycles. The second-order valence-electron chi connectivity index (χ2n) is 4.39. The SMILES string of the molecule is CCS(=O)(=O)CCCOCC1CNCC(C)O1. The van der Waals surface area contributed by atoms with Crippen LogP contribution < -0.4 is 5.32 Å². The molecule has 1 aliphatic heterocycles. The maximum absolute atomic E-state index is 11.2. The van der Waals surface area contributed by atoms with E-state index in [9.17, 15) is 8.42 Å². The highest BCUT2D eigenvalue weighted by Gasteiger charge is 2.18. The van der Waals surface area contributed by atoms with Gasteiger partial charge >= 0.3 is 0 Å². The smallest absolute Gasteiger partial charge is 0.150 e. The third-order valence-electron chi connectivity index (χ3n) is 2.72. The Hall–Kier alpha value is -0.170. The molecule has 17 heavy (non-hydrogen) atoms. The summed E-state index contributed by atoms with van der Waals surface area (Å²) >= 11 is 0. The van der Waals surface area contributed by atoms with Crippen LogP contribution in [0.2, 0.25) is 0 Å². The lowest BCUT2D eigenvalue weighted by atomic mass is 10.2. The van der Waals surface area contributed by atoms with Crippen LogP contribution in [0.15, 0.2) is 0 Å². The fourth-order valence-corrected chi connectivity index (χ4v) is 2.56. The molecule has 5 nitrogen and oxygen atoms in total. The summed E-state index contributed by atoms with van der Waals surface area (Å²) in [6, 6.07) is 0. The topological polar surface area (TPSA) is 64.6 Å². The van der Waals surface area contributed by atoms with Gasteiger partial charge in [-0.25, -0.2) is 8.42 Å². The number of rotatable bonds is 7. The molecule has 0 aromatic heterocycles. The van der Waals surface area contributed by atoms with Crippen LogP contribution in [0.3, 0.4) is 0 Å². The van der Waals surface area contributed by atoms with Crippen molar-refractivity contribution in [2.24, 2.45) is 0 Å². The van der Waals surface area contributed by atoms with Gasteiger partial charge < -0.3 is 14.8 Å². The Morgan fingerprint density at radius 2 is 2.18 bits per heavy atom. The minimum atomic E-state index is -2.86. The highest BCUT2D eigenvalue weighted by molar-refractivity contribution is 7.91. The van der Waals surface area contributed by atoms with Crippen LogP contribution in [0, 0.1) is 0 Å². The molecule has 0 bridgehead atoms. The van der Waals surface area contributed by atoms with Gasteiger partial charge in [0.25, 0.3) is 0 Å². The highest BCUT2D eigenvalue weighted by atomic mass is 32.2. The Kier molecular flexibility index (Phi) is 6.40. The number of nitrogens with one attached hydrogen (secondary N) is 1. The minimum Gasteiger partial charge on any atom is -0.379 e. The van der Waals surface area contributed by atoms with Gasteiger partial charge in [0, 0.05) is 25.4 Å². The van der Waals surface area contributed by atoms with Crippen LogP contribution in [0.5, 0.6) is 0 Å². The summed E-state index contributed by atoms with van der Waals surface area (Å²) in [4.78, 5) is 0. The lowest BCUT2D eigenvalue weighted by Gasteiger charge is -2.28. The van der Waals surface area contributed by atoms with Crippen molar-refractivity contribution >= 4 is 9.84 Å². The molecule has 0 aromatic rings. The largest absolute Gasteiger partial charge is 0.379 e. The van der Waals surface area contributed by atoms with E-state index in [0.717, 1.165) is 13.1 Å². The zero-order valence-corrected chi connectivity index (χ0v) is 11.5. The van der Waals surface area contributed by atoms with Crippen molar-refractivity contribution in [2.75, 3.05) is 37.8 Å². The molecule has 102 valence electrons. The second kappa shape index (κ2) is 7.31. The second-order valence-corrected chi connectivity index (χ2v) is 6.86. The van der Waals surface area contributed by atoms with Crippen molar-refractivity contribution in [3.63, 3.8) is 0 Å². The minimum absolute atomic E-state index is 0.0848. The third kappa shape index (κ3) is 6.35. The molecule has 1 aliphatic rings. The van der Waals surface area contributed by atoms with Crippen LogP contribution >= 0.6 is 0 Å². The van der Waals surface area contributed by atoms with Crippen molar-refractivity contribution in [1.82, 2.24) is 5.32 Å². The molecule has 0 amide bonds. The Balaban J connectivity index is 2.04. The Morgan fingerprint density at radius 1 is 1.41 bits per heavy atom. The average Bonchev–Trinajstić information content (AvgIpc) is 2.29. The molecule has 0 radical (unpaired) electrons. The van der Waals surface area contributed by atoms with Gasteiger partial charge in [0.1, 0.15) is 9.84 Å². The van der Waals surface area contributed by atoms with E-state index in [1.54, 1.807) is 6.92 Å². The van der Waals surface area contributed by atoms with Gasteiger partial charge in [0.05, 0.1) is 24.6 Å². The quantitative estimate of drug-likeness (QED) is 0.666. The number of morpholine rings is 1. The van der Waals surface area contributed by atoms with Crippen molar-refractivity contribution in [3.8, 4) is 0 Å².